The maximum atomic E-state index is 14.4. The molecule has 6 aromatic carbocycles. The SMILES string of the molecule is CCC(CC)(c1ccc(OCC(O)(C(F)(F)F)C(F)(F)F)c(C)c1)c1ccc(-c2ccc(C)c(F)c2)c(C)c1.CCc1ccc(-c2ccc(C(CC)(CC)c3ccc(CCC(O)(C(F)(F)F)C(F)(F)F)c(C)c3)cc2C)cc1F.O=C=O.O=C=O. The highest BCUT2D eigenvalue weighted by molar-refractivity contribution is 5.70. The van der Waals surface area contributed by atoms with Gasteiger partial charge in [0.2, 0.25) is 0 Å². The summed E-state index contributed by atoms with van der Waals surface area (Å²) >= 11 is 0. The van der Waals surface area contributed by atoms with Crippen LogP contribution in [0.3, 0.4) is 0 Å². The third kappa shape index (κ3) is 15.8. The summed E-state index contributed by atoms with van der Waals surface area (Å²) in [5.74, 6) is -0.742. The van der Waals surface area contributed by atoms with Crippen molar-refractivity contribution < 1.29 is 95.6 Å². The number of carbonyl (C=O) groups excluding carboxylic acids is 4. The average Bonchev–Trinajstić information content (AvgIpc) is 2.85. The fourth-order valence-electron chi connectivity index (χ4n) is 10.4. The summed E-state index contributed by atoms with van der Waals surface area (Å²) in [6.45, 7) is 16.7. The van der Waals surface area contributed by atoms with Gasteiger partial charge in [-0.2, -0.15) is 71.9 Å². The van der Waals surface area contributed by atoms with Crippen LogP contribution in [0.1, 0.15) is 128 Å². The maximum Gasteiger partial charge on any atom is 0.429 e. The van der Waals surface area contributed by atoms with Gasteiger partial charge in [0.25, 0.3) is 11.2 Å². The summed E-state index contributed by atoms with van der Waals surface area (Å²) in [6.07, 6.45) is -21.9. The lowest BCUT2D eigenvalue weighted by Crippen LogP contribution is -2.60. The fraction of sp³-hybridized carbons (Fsp3) is 0.406. The minimum atomic E-state index is -5.97. The molecule has 462 valence electrons. The zero-order valence-corrected chi connectivity index (χ0v) is 48.3. The smallest absolute Gasteiger partial charge is 0.429 e. The van der Waals surface area contributed by atoms with Crippen LogP contribution in [0.15, 0.2) is 109 Å². The highest BCUT2D eigenvalue weighted by Gasteiger charge is 2.71. The molecule has 21 heteroatoms. The van der Waals surface area contributed by atoms with Gasteiger partial charge >= 0.3 is 37.0 Å². The first-order valence-electron chi connectivity index (χ1n) is 26.7. The number of halogens is 14. The third-order valence-electron chi connectivity index (χ3n) is 15.9. The van der Waals surface area contributed by atoms with Gasteiger partial charge in [-0.1, -0.05) is 126 Å². The lowest BCUT2D eigenvalue weighted by molar-refractivity contribution is -0.373. The van der Waals surface area contributed by atoms with Crippen LogP contribution in [-0.2, 0) is 42.8 Å². The van der Waals surface area contributed by atoms with E-state index >= 15 is 0 Å². The topological polar surface area (TPSA) is 118 Å². The lowest BCUT2D eigenvalue weighted by atomic mass is 9.69. The molecule has 0 saturated heterocycles. The van der Waals surface area contributed by atoms with Crippen molar-refractivity contribution in [2.45, 2.75) is 161 Å². The Morgan fingerprint density at radius 3 is 1.11 bits per heavy atom. The molecule has 0 bridgehead atoms. The van der Waals surface area contributed by atoms with Crippen LogP contribution in [0.2, 0.25) is 0 Å². The van der Waals surface area contributed by atoms with E-state index < -0.39 is 66.2 Å². The number of rotatable bonds is 17. The average molecular weight is 1210 g/mol. The zero-order chi connectivity index (χ0) is 64.9. The van der Waals surface area contributed by atoms with Gasteiger partial charge in [-0.25, -0.2) is 8.78 Å². The first-order chi connectivity index (χ1) is 39.4. The second kappa shape index (κ2) is 28.8. The summed E-state index contributed by atoms with van der Waals surface area (Å²) in [4.78, 5) is 32.5. The molecular weight excluding hydrogens is 1150 g/mol. The summed E-state index contributed by atoms with van der Waals surface area (Å²) in [6, 6.07) is 31.9. The van der Waals surface area contributed by atoms with Crippen LogP contribution in [0.25, 0.3) is 22.3 Å². The number of ether oxygens (including phenoxy) is 1. The van der Waals surface area contributed by atoms with E-state index in [9.17, 15) is 71.7 Å². The molecule has 0 radical (unpaired) electrons. The highest BCUT2D eigenvalue weighted by Crippen LogP contribution is 2.48. The molecule has 6 aromatic rings. The Balaban J connectivity index is 0.000000407. The molecule has 6 rings (SSSR count). The predicted molar refractivity (Wildman–Crippen MR) is 290 cm³/mol. The van der Waals surface area contributed by atoms with E-state index in [4.69, 9.17) is 23.9 Å². The standard InChI is InChI=1S/C32H35F7O.C30H31F7O2.2CO2/c1-6-22-9-10-24(19-28(22)33)27-14-13-26(18-21(27)5)29(7-2,8-3)25-12-11-23(20(4)17-25)15-16-30(40,31(34,35)36)32(37,38)39;1-6-27(7-2,22-10-12-24(19(4)14-22)21-9-8-18(3)25(31)16-21)23-11-13-26(20(5)15-23)39-17-28(38,29(32,33)34)30(35,36)37;2*2-1-3/h9-14,17-19,40H,6-8,15-16H2,1-5H3;8-16,38H,6-7,17H2,1-5H3;;. The number of alkyl halides is 12. The minimum absolute atomic E-state index is 0.195. The number of aliphatic hydroxyl groups is 2. The van der Waals surface area contributed by atoms with Crippen LogP contribution in [-0.4, -0.2) is 65.0 Å². The van der Waals surface area contributed by atoms with Gasteiger partial charge in [0.15, 0.2) is 0 Å². The van der Waals surface area contributed by atoms with Gasteiger partial charge in [0.1, 0.15) is 24.0 Å². The van der Waals surface area contributed by atoms with E-state index in [1.54, 1.807) is 50.2 Å². The van der Waals surface area contributed by atoms with Gasteiger partial charge in [-0.15, -0.1) is 0 Å². The first-order valence-corrected chi connectivity index (χ1v) is 26.7. The summed E-state index contributed by atoms with van der Waals surface area (Å²) in [7, 11) is 0. The van der Waals surface area contributed by atoms with E-state index in [-0.39, 0.29) is 29.7 Å². The van der Waals surface area contributed by atoms with Crippen molar-refractivity contribution in [2.75, 3.05) is 6.61 Å². The Labute approximate surface area is 484 Å². The van der Waals surface area contributed by atoms with Gasteiger partial charge in [-0.05, 0) is 181 Å². The van der Waals surface area contributed by atoms with Gasteiger partial charge < -0.3 is 14.9 Å². The Morgan fingerprint density at radius 1 is 0.412 bits per heavy atom. The molecule has 0 saturated carbocycles. The number of benzene rings is 6. The van der Waals surface area contributed by atoms with Crippen molar-refractivity contribution >= 4 is 12.3 Å². The molecule has 0 amide bonds. The molecule has 0 spiro atoms. The van der Waals surface area contributed by atoms with Crippen molar-refractivity contribution in [2.24, 2.45) is 0 Å². The second-order valence-electron chi connectivity index (χ2n) is 20.5. The van der Waals surface area contributed by atoms with E-state index in [0.29, 0.717) is 59.9 Å². The van der Waals surface area contributed by atoms with E-state index in [2.05, 4.69) is 6.07 Å². The summed E-state index contributed by atoms with van der Waals surface area (Å²) in [5.41, 5.74) is 0.515. The van der Waals surface area contributed by atoms with Crippen LogP contribution in [0, 0.1) is 46.3 Å². The van der Waals surface area contributed by atoms with Crippen LogP contribution >= 0.6 is 0 Å². The van der Waals surface area contributed by atoms with Gasteiger partial charge in [0, 0.05) is 10.8 Å². The minimum Gasteiger partial charge on any atom is -0.490 e. The van der Waals surface area contributed by atoms with Crippen molar-refractivity contribution in [3.05, 3.63) is 182 Å². The monoisotopic (exact) mass is 1210 g/mol. The fourth-order valence-corrected chi connectivity index (χ4v) is 10.4. The first kappa shape index (κ1) is 72.1. The number of hydrogen-bond donors (Lipinski definition) is 2. The Hall–Kier alpha value is -7.18. The van der Waals surface area contributed by atoms with Crippen LogP contribution in [0.5, 0.6) is 5.75 Å². The van der Waals surface area contributed by atoms with Crippen molar-refractivity contribution in [1.82, 2.24) is 0 Å². The predicted octanol–water partition coefficient (Wildman–Crippen LogP) is 17.2. The van der Waals surface area contributed by atoms with E-state index in [1.165, 1.54) is 25.1 Å². The van der Waals surface area contributed by atoms with Crippen molar-refractivity contribution in [3.63, 3.8) is 0 Å². The number of hydrogen-bond acceptors (Lipinski definition) is 7. The van der Waals surface area contributed by atoms with Crippen LogP contribution in [0.4, 0.5) is 61.5 Å². The molecule has 0 heterocycles. The molecule has 0 fully saturated rings. The normalized spacial score (nSPS) is 12.4. The van der Waals surface area contributed by atoms with E-state index in [1.807, 2.05) is 97.0 Å². The molecule has 0 unspecified atom stereocenters. The zero-order valence-electron chi connectivity index (χ0n) is 48.3. The number of aryl methyl sites for hydroxylation is 7. The summed E-state index contributed by atoms with van der Waals surface area (Å²) in [5, 5.41) is 19.0. The van der Waals surface area contributed by atoms with Gasteiger partial charge in [-0.3, -0.25) is 0 Å². The van der Waals surface area contributed by atoms with Gasteiger partial charge in [0.05, 0.1) is 0 Å². The quantitative estimate of drug-likeness (QED) is 0.0874. The molecule has 0 aliphatic heterocycles. The molecule has 0 aliphatic carbocycles. The summed E-state index contributed by atoms with van der Waals surface area (Å²) < 4.78 is 191. The largest absolute Gasteiger partial charge is 0.490 e. The molecule has 2 N–H and O–H groups in total. The molecule has 0 aliphatic rings. The maximum absolute atomic E-state index is 14.4. The second-order valence-corrected chi connectivity index (χ2v) is 20.5. The van der Waals surface area contributed by atoms with Crippen LogP contribution < -0.4 is 4.74 Å². The van der Waals surface area contributed by atoms with Crippen molar-refractivity contribution in [3.8, 4) is 28.0 Å². The lowest BCUT2D eigenvalue weighted by Gasteiger charge is -2.35. The molecule has 0 atom stereocenters. The molecule has 0 aromatic heterocycles. The van der Waals surface area contributed by atoms with Crippen molar-refractivity contribution in [1.29, 1.82) is 0 Å². The molecule has 7 nitrogen and oxygen atoms in total. The Kier molecular flexibility index (Phi) is 24.4. The Morgan fingerprint density at radius 2 is 0.765 bits per heavy atom. The molecule has 85 heavy (non-hydrogen) atoms. The molecular formula is C64H66F14O7. The van der Waals surface area contributed by atoms with E-state index in [0.717, 1.165) is 55.6 Å². The Bertz CT molecular complexity index is 3240. The highest BCUT2D eigenvalue weighted by atomic mass is 19.4. The third-order valence-corrected chi connectivity index (χ3v) is 15.9.